The summed E-state index contributed by atoms with van der Waals surface area (Å²) in [4.78, 5) is 12.0. The van der Waals surface area contributed by atoms with Crippen molar-refractivity contribution >= 4 is 21.8 Å². The summed E-state index contributed by atoms with van der Waals surface area (Å²) in [5.74, 6) is 0.803. The number of rotatable bonds is 4. The molecule has 1 aliphatic carbocycles. The van der Waals surface area contributed by atoms with Crippen molar-refractivity contribution in [3.8, 4) is 0 Å². The molecule has 1 saturated carbocycles. The van der Waals surface area contributed by atoms with Gasteiger partial charge >= 0.3 is 0 Å². The van der Waals surface area contributed by atoms with E-state index in [4.69, 9.17) is 0 Å². The van der Waals surface area contributed by atoms with Crippen molar-refractivity contribution in [3.63, 3.8) is 0 Å². The fourth-order valence-electron chi connectivity index (χ4n) is 2.75. The van der Waals surface area contributed by atoms with E-state index in [-0.39, 0.29) is 5.91 Å². The Hall–Kier alpha value is -0.830. The van der Waals surface area contributed by atoms with Gasteiger partial charge in [-0.05, 0) is 36.5 Å². The fourth-order valence-corrected chi connectivity index (χ4v) is 3.20. The van der Waals surface area contributed by atoms with Crippen molar-refractivity contribution in [1.29, 1.82) is 0 Å². The summed E-state index contributed by atoms with van der Waals surface area (Å²) >= 11 is 3.44. The maximum Gasteiger partial charge on any atom is 0.220 e. The average Bonchev–Trinajstić information content (AvgIpc) is 2.65. The number of benzene rings is 1. The van der Waals surface area contributed by atoms with Crippen LogP contribution in [0, 0.1) is 5.92 Å². The number of hydrogen-bond donors (Lipinski definition) is 1. The summed E-state index contributed by atoms with van der Waals surface area (Å²) in [6.45, 7) is 0.630. The van der Waals surface area contributed by atoms with Gasteiger partial charge in [-0.3, -0.25) is 4.79 Å². The zero-order valence-electron chi connectivity index (χ0n) is 11.3. The molecule has 0 aliphatic heterocycles. The molecule has 1 aromatic rings. The van der Waals surface area contributed by atoms with Crippen LogP contribution in [-0.2, 0) is 11.3 Å². The number of halogens is 1. The summed E-state index contributed by atoms with van der Waals surface area (Å²) in [7, 11) is 0. The van der Waals surface area contributed by atoms with E-state index in [1.165, 1.54) is 38.5 Å². The van der Waals surface area contributed by atoms with Crippen LogP contribution >= 0.6 is 15.9 Å². The summed E-state index contributed by atoms with van der Waals surface area (Å²) in [6.07, 6.45) is 8.43. The lowest BCUT2D eigenvalue weighted by molar-refractivity contribution is -0.122. The molecule has 104 valence electrons. The van der Waals surface area contributed by atoms with Gasteiger partial charge < -0.3 is 5.32 Å². The maximum absolute atomic E-state index is 12.0. The number of amides is 1. The summed E-state index contributed by atoms with van der Waals surface area (Å²) < 4.78 is 1.06. The molecule has 0 atom stereocenters. The van der Waals surface area contributed by atoms with Crippen molar-refractivity contribution in [1.82, 2.24) is 5.32 Å². The number of hydrogen-bond acceptors (Lipinski definition) is 1. The highest BCUT2D eigenvalue weighted by Gasteiger charge is 2.15. The SMILES string of the molecule is O=C(CC1CCCCCC1)NCc1cccc(Br)c1. The molecule has 19 heavy (non-hydrogen) atoms. The van der Waals surface area contributed by atoms with Crippen LogP contribution in [0.1, 0.15) is 50.5 Å². The standard InChI is InChI=1S/C16H22BrNO/c17-15-9-5-8-14(10-15)12-18-16(19)11-13-6-3-1-2-4-7-13/h5,8-10,13H,1-4,6-7,11-12H2,(H,18,19). The van der Waals surface area contributed by atoms with Gasteiger partial charge in [-0.2, -0.15) is 0 Å². The molecular formula is C16H22BrNO. The van der Waals surface area contributed by atoms with E-state index in [9.17, 15) is 4.79 Å². The van der Waals surface area contributed by atoms with E-state index in [0.29, 0.717) is 18.9 Å². The van der Waals surface area contributed by atoms with Crippen LogP contribution in [-0.4, -0.2) is 5.91 Å². The van der Waals surface area contributed by atoms with E-state index in [0.717, 1.165) is 10.0 Å². The molecule has 0 radical (unpaired) electrons. The average molecular weight is 324 g/mol. The molecule has 0 unspecified atom stereocenters. The molecule has 3 heteroatoms. The molecule has 0 bridgehead atoms. The fraction of sp³-hybridized carbons (Fsp3) is 0.562. The van der Waals surface area contributed by atoms with Crippen molar-refractivity contribution in [3.05, 3.63) is 34.3 Å². The predicted molar refractivity (Wildman–Crippen MR) is 81.8 cm³/mol. The Morgan fingerprint density at radius 2 is 1.95 bits per heavy atom. The van der Waals surface area contributed by atoms with Crippen molar-refractivity contribution in [2.24, 2.45) is 5.92 Å². The third kappa shape index (κ3) is 5.35. The van der Waals surface area contributed by atoms with Crippen LogP contribution in [0.5, 0.6) is 0 Å². The second kappa shape index (κ2) is 7.68. The third-order valence-electron chi connectivity index (χ3n) is 3.83. The predicted octanol–water partition coefficient (Wildman–Crippen LogP) is 4.43. The first-order valence-electron chi connectivity index (χ1n) is 7.25. The molecule has 0 aromatic heterocycles. The van der Waals surface area contributed by atoms with Gasteiger partial charge in [0.1, 0.15) is 0 Å². The van der Waals surface area contributed by atoms with Gasteiger partial charge in [0.25, 0.3) is 0 Å². The van der Waals surface area contributed by atoms with Gasteiger partial charge in [0.05, 0.1) is 0 Å². The van der Waals surface area contributed by atoms with Crippen LogP contribution in [0.3, 0.4) is 0 Å². The topological polar surface area (TPSA) is 29.1 Å². The Morgan fingerprint density at radius 3 is 2.63 bits per heavy atom. The normalized spacial score (nSPS) is 16.9. The van der Waals surface area contributed by atoms with Gasteiger partial charge in [0.2, 0.25) is 5.91 Å². The minimum atomic E-state index is 0.201. The lowest BCUT2D eigenvalue weighted by atomic mass is 9.96. The van der Waals surface area contributed by atoms with Crippen molar-refractivity contribution in [2.75, 3.05) is 0 Å². The zero-order valence-corrected chi connectivity index (χ0v) is 12.9. The first kappa shape index (κ1) is 14.6. The molecule has 1 fully saturated rings. The molecule has 1 aliphatic rings. The highest BCUT2D eigenvalue weighted by atomic mass is 79.9. The maximum atomic E-state index is 12.0. The quantitative estimate of drug-likeness (QED) is 0.816. The first-order valence-corrected chi connectivity index (χ1v) is 8.04. The van der Waals surface area contributed by atoms with Crippen molar-refractivity contribution in [2.45, 2.75) is 51.5 Å². The lowest BCUT2D eigenvalue weighted by Gasteiger charge is -2.13. The van der Waals surface area contributed by atoms with Gasteiger partial charge in [-0.15, -0.1) is 0 Å². The van der Waals surface area contributed by atoms with E-state index < -0.39 is 0 Å². The number of carbonyl (C=O) groups excluding carboxylic acids is 1. The number of nitrogens with one attached hydrogen (secondary N) is 1. The Bertz CT molecular complexity index is 411. The second-order valence-electron chi connectivity index (χ2n) is 5.47. The minimum absolute atomic E-state index is 0.201. The van der Waals surface area contributed by atoms with E-state index in [1.807, 2.05) is 24.3 Å². The van der Waals surface area contributed by atoms with E-state index in [2.05, 4.69) is 21.2 Å². The zero-order chi connectivity index (χ0) is 13.5. The number of carbonyl (C=O) groups is 1. The highest BCUT2D eigenvalue weighted by molar-refractivity contribution is 9.10. The minimum Gasteiger partial charge on any atom is -0.352 e. The Labute approximate surface area is 124 Å². The Kier molecular flexibility index (Phi) is 5.90. The van der Waals surface area contributed by atoms with Crippen LogP contribution in [0.25, 0.3) is 0 Å². The van der Waals surface area contributed by atoms with Crippen LogP contribution in [0.15, 0.2) is 28.7 Å². The molecule has 1 aromatic carbocycles. The summed E-state index contributed by atoms with van der Waals surface area (Å²) in [6, 6.07) is 8.08. The largest absolute Gasteiger partial charge is 0.352 e. The molecule has 2 nitrogen and oxygen atoms in total. The lowest BCUT2D eigenvalue weighted by Crippen LogP contribution is -2.25. The van der Waals surface area contributed by atoms with Gasteiger partial charge in [-0.1, -0.05) is 53.7 Å². The summed E-state index contributed by atoms with van der Waals surface area (Å²) in [5, 5.41) is 3.03. The molecule has 0 heterocycles. The smallest absolute Gasteiger partial charge is 0.220 e. The first-order chi connectivity index (χ1) is 9.24. The Balaban J connectivity index is 1.74. The monoisotopic (exact) mass is 323 g/mol. The molecule has 1 N–H and O–H groups in total. The van der Waals surface area contributed by atoms with E-state index >= 15 is 0 Å². The molecular weight excluding hydrogens is 302 g/mol. The van der Waals surface area contributed by atoms with Gasteiger partial charge in [0, 0.05) is 17.4 Å². The van der Waals surface area contributed by atoms with Crippen LogP contribution < -0.4 is 5.32 Å². The highest BCUT2D eigenvalue weighted by Crippen LogP contribution is 2.25. The third-order valence-corrected chi connectivity index (χ3v) is 4.32. The van der Waals surface area contributed by atoms with Crippen molar-refractivity contribution < 1.29 is 4.79 Å². The second-order valence-corrected chi connectivity index (χ2v) is 6.38. The molecule has 0 spiro atoms. The molecule has 1 amide bonds. The van der Waals surface area contributed by atoms with Gasteiger partial charge in [0.15, 0.2) is 0 Å². The van der Waals surface area contributed by atoms with Crippen LogP contribution in [0.4, 0.5) is 0 Å². The molecule has 2 rings (SSSR count). The Morgan fingerprint density at radius 1 is 1.21 bits per heavy atom. The summed E-state index contributed by atoms with van der Waals surface area (Å²) in [5.41, 5.74) is 1.14. The molecule has 0 saturated heterocycles. The van der Waals surface area contributed by atoms with Crippen LogP contribution in [0.2, 0.25) is 0 Å². The van der Waals surface area contributed by atoms with E-state index in [1.54, 1.807) is 0 Å². The van der Waals surface area contributed by atoms with Gasteiger partial charge in [-0.25, -0.2) is 0 Å².